The van der Waals surface area contributed by atoms with Gasteiger partial charge < -0.3 is 14.8 Å². The van der Waals surface area contributed by atoms with Gasteiger partial charge in [0.15, 0.2) is 6.10 Å². The van der Waals surface area contributed by atoms with Gasteiger partial charge in [0.25, 0.3) is 5.91 Å². The van der Waals surface area contributed by atoms with Crippen LogP contribution in [0.15, 0.2) is 54.6 Å². The Hall–Kier alpha value is -3.15. The first-order chi connectivity index (χ1) is 12.5. The molecular formula is C20H20FNO4. The van der Waals surface area contributed by atoms with Gasteiger partial charge in [0.2, 0.25) is 0 Å². The van der Waals surface area contributed by atoms with Crippen molar-refractivity contribution in [2.45, 2.75) is 19.6 Å². The molecule has 2 rings (SSSR count). The highest BCUT2D eigenvalue weighted by molar-refractivity contribution is 5.90. The van der Waals surface area contributed by atoms with Crippen molar-refractivity contribution in [3.05, 3.63) is 71.6 Å². The minimum atomic E-state index is -0.946. The van der Waals surface area contributed by atoms with Crippen LogP contribution in [0.5, 0.6) is 5.75 Å². The minimum absolute atomic E-state index is 0.309. The molecule has 0 fully saturated rings. The van der Waals surface area contributed by atoms with Crippen LogP contribution in [0.25, 0.3) is 6.08 Å². The summed E-state index contributed by atoms with van der Waals surface area (Å²) in [4.78, 5) is 23.8. The number of hydrogen-bond acceptors (Lipinski definition) is 4. The monoisotopic (exact) mass is 357 g/mol. The average Bonchev–Trinajstić information content (AvgIpc) is 2.65. The molecule has 2 aromatic rings. The minimum Gasteiger partial charge on any atom is -0.497 e. The van der Waals surface area contributed by atoms with E-state index in [1.54, 1.807) is 25.3 Å². The Morgan fingerprint density at radius 3 is 2.58 bits per heavy atom. The van der Waals surface area contributed by atoms with Gasteiger partial charge in [0.1, 0.15) is 11.6 Å². The third-order valence-electron chi connectivity index (χ3n) is 3.55. The molecular weight excluding hydrogens is 337 g/mol. The van der Waals surface area contributed by atoms with Gasteiger partial charge >= 0.3 is 5.97 Å². The standard InChI is InChI=1S/C20H20FNO4/c1-14(20(24)22-13-16-6-9-18(25-2)10-7-16)26-19(23)11-8-15-4-3-5-17(21)12-15/h3-12,14H,13H2,1-2H3,(H,22,24)/b11-8+/t14-/m0/s1. The second-order valence-corrected chi connectivity index (χ2v) is 5.53. The molecule has 0 spiro atoms. The lowest BCUT2D eigenvalue weighted by Crippen LogP contribution is -2.35. The van der Waals surface area contributed by atoms with Crippen molar-refractivity contribution in [2.24, 2.45) is 0 Å². The fraction of sp³-hybridized carbons (Fsp3) is 0.200. The topological polar surface area (TPSA) is 64.6 Å². The number of ether oxygens (including phenoxy) is 2. The van der Waals surface area contributed by atoms with Crippen molar-refractivity contribution in [1.82, 2.24) is 5.32 Å². The van der Waals surface area contributed by atoms with Crippen LogP contribution in [0, 0.1) is 5.82 Å². The quantitative estimate of drug-likeness (QED) is 0.611. The summed E-state index contributed by atoms with van der Waals surface area (Å²) in [5, 5.41) is 2.69. The molecule has 1 N–H and O–H groups in total. The van der Waals surface area contributed by atoms with Crippen LogP contribution in [-0.4, -0.2) is 25.1 Å². The van der Waals surface area contributed by atoms with Gasteiger partial charge in [-0.05, 0) is 48.4 Å². The Bertz CT molecular complexity index is 787. The lowest BCUT2D eigenvalue weighted by molar-refractivity contribution is -0.150. The second kappa shape index (κ2) is 9.36. The summed E-state index contributed by atoms with van der Waals surface area (Å²) < 4.78 is 23.2. The van der Waals surface area contributed by atoms with Crippen molar-refractivity contribution in [2.75, 3.05) is 7.11 Å². The summed E-state index contributed by atoms with van der Waals surface area (Å²) in [7, 11) is 1.58. The van der Waals surface area contributed by atoms with Crippen LogP contribution in [0.3, 0.4) is 0 Å². The predicted octanol–water partition coefficient (Wildman–Crippen LogP) is 3.10. The summed E-state index contributed by atoms with van der Waals surface area (Å²) >= 11 is 0. The zero-order chi connectivity index (χ0) is 18.9. The number of carbonyl (C=O) groups is 2. The van der Waals surface area contributed by atoms with Gasteiger partial charge in [0, 0.05) is 12.6 Å². The molecule has 0 aliphatic heterocycles. The molecule has 0 aromatic heterocycles. The molecule has 5 nitrogen and oxygen atoms in total. The maximum Gasteiger partial charge on any atom is 0.331 e. The Kier molecular flexibility index (Phi) is 6.91. The third-order valence-corrected chi connectivity index (χ3v) is 3.55. The molecule has 2 aromatic carbocycles. The highest BCUT2D eigenvalue weighted by Crippen LogP contribution is 2.11. The summed E-state index contributed by atoms with van der Waals surface area (Å²) in [6, 6.07) is 13.0. The summed E-state index contributed by atoms with van der Waals surface area (Å²) in [6.45, 7) is 1.79. The van der Waals surface area contributed by atoms with Gasteiger partial charge in [0.05, 0.1) is 7.11 Å². The van der Waals surface area contributed by atoms with Crippen molar-refractivity contribution < 1.29 is 23.5 Å². The Balaban J connectivity index is 1.80. The number of nitrogens with one attached hydrogen (secondary N) is 1. The van der Waals surface area contributed by atoms with Gasteiger partial charge in [-0.2, -0.15) is 0 Å². The molecule has 26 heavy (non-hydrogen) atoms. The highest BCUT2D eigenvalue weighted by Gasteiger charge is 2.16. The number of hydrogen-bond donors (Lipinski definition) is 1. The largest absolute Gasteiger partial charge is 0.497 e. The molecule has 136 valence electrons. The Labute approximate surface area is 151 Å². The number of amides is 1. The number of carbonyl (C=O) groups excluding carboxylic acids is 2. The molecule has 0 saturated carbocycles. The van der Waals surface area contributed by atoms with Crippen molar-refractivity contribution in [1.29, 1.82) is 0 Å². The third kappa shape index (κ3) is 6.05. The Morgan fingerprint density at radius 1 is 1.19 bits per heavy atom. The number of methoxy groups -OCH3 is 1. The predicted molar refractivity (Wildman–Crippen MR) is 95.8 cm³/mol. The van der Waals surface area contributed by atoms with Gasteiger partial charge in [-0.25, -0.2) is 9.18 Å². The number of esters is 1. The van der Waals surface area contributed by atoms with Gasteiger partial charge in [-0.1, -0.05) is 24.3 Å². The summed E-state index contributed by atoms with van der Waals surface area (Å²) in [5.74, 6) is -0.756. The molecule has 1 amide bonds. The fourth-order valence-corrected chi connectivity index (χ4v) is 2.12. The first-order valence-corrected chi connectivity index (χ1v) is 8.03. The van der Waals surface area contributed by atoms with E-state index in [1.807, 2.05) is 12.1 Å². The zero-order valence-corrected chi connectivity index (χ0v) is 14.6. The summed E-state index contributed by atoms with van der Waals surface area (Å²) in [5.41, 5.74) is 1.42. The molecule has 0 radical (unpaired) electrons. The summed E-state index contributed by atoms with van der Waals surface area (Å²) in [6.07, 6.45) is 1.63. The van der Waals surface area contributed by atoms with E-state index in [0.717, 1.165) is 17.4 Å². The maximum atomic E-state index is 13.1. The maximum absolute atomic E-state index is 13.1. The highest BCUT2D eigenvalue weighted by atomic mass is 19.1. The Morgan fingerprint density at radius 2 is 1.92 bits per heavy atom. The van der Waals surface area contributed by atoms with Crippen LogP contribution in [-0.2, 0) is 20.9 Å². The van der Waals surface area contributed by atoms with E-state index in [-0.39, 0.29) is 0 Å². The molecule has 0 heterocycles. The molecule has 0 aliphatic carbocycles. The van der Waals surface area contributed by atoms with E-state index >= 15 is 0 Å². The molecule has 1 atom stereocenters. The van der Waals surface area contributed by atoms with Crippen LogP contribution in [0.1, 0.15) is 18.1 Å². The number of halogens is 1. The lowest BCUT2D eigenvalue weighted by Gasteiger charge is -2.12. The van der Waals surface area contributed by atoms with Crippen LogP contribution in [0.4, 0.5) is 4.39 Å². The molecule has 0 bridgehead atoms. The van der Waals surface area contributed by atoms with E-state index in [1.165, 1.54) is 31.2 Å². The van der Waals surface area contributed by atoms with Crippen LogP contribution >= 0.6 is 0 Å². The SMILES string of the molecule is COc1ccc(CNC(=O)[C@H](C)OC(=O)/C=C/c2cccc(F)c2)cc1. The smallest absolute Gasteiger partial charge is 0.331 e. The first-order valence-electron chi connectivity index (χ1n) is 8.03. The molecule has 0 saturated heterocycles. The van der Waals surface area contributed by atoms with E-state index in [2.05, 4.69) is 5.32 Å². The molecule has 0 unspecified atom stereocenters. The van der Waals surface area contributed by atoms with Crippen molar-refractivity contribution in [3.63, 3.8) is 0 Å². The van der Waals surface area contributed by atoms with E-state index in [4.69, 9.17) is 9.47 Å². The second-order valence-electron chi connectivity index (χ2n) is 5.53. The first kappa shape index (κ1) is 19.2. The van der Waals surface area contributed by atoms with Crippen molar-refractivity contribution in [3.8, 4) is 5.75 Å². The zero-order valence-electron chi connectivity index (χ0n) is 14.6. The number of benzene rings is 2. The van der Waals surface area contributed by atoms with E-state index in [0.29, 0.717) is 12.1 Å². The molecule has 6 heteroatoms. The van der Waals surface area contributed by atoms with Gasteiger partial charge in [-0.3, -0.25) is 4.79 Å². The van der Waals surface area contributed by atoms with Gasteiger partial charge in [-0.15, -0.1) is 0 Å². The normalized spacial score (nSPS) is 11.8. The van der Waals surface area contributed by atoms with E-state index < -0.39 is 23.8 Å². The van der Waals surface area contributed by atoms with Crippen LogP contribution < -0.4 is 10.1 Å². The number of rotatable bonds is 7. The van der Waals surface area contributed by atoms with E-state index in [9.17, 15) is 14.0 Å². The van der Waals surface area contributed by atoms with Crippen LogP contribution in [0.2, 0.25) is 0 Å². The molecule has 0 aliphatic rings. The van der Waals surface area contributed by atoms with Crippen molar-refractivity contribution >= 4 is 18.0 Å². The fourth-order valence-electron chi connectivity index (χ4n) is 2.12. The average molecular weight is 357 g/mol. The lowest BCUT2D eigenvalue weighted by atomic mass is 10.2.